The van der Waals surface area contributed by atoms with Gasteiger partial charge in [-0.2, -0.15) is 0 Å². The number of fused-ring (bicyclic) bond motifs is 3. The standard InChI is InChI=1S/C19H15N3O4/c23-17-19(9-10-25-14-7-3-1-5-12(14)19)21-18(24)22(17)11-16-20-13-6-2-4-8-15(13)26-16/h1-8H,9-11H2,(H,21,24)/t19-/m0/s1. The number of benzene rings is 2. The average Bonchev–Trinajstić information content (AvgIpc) is 3.17. The van der Waals surface area contributed by atoms with Gasteiger partial charge < -0.3 is 14.5 Å². The SMILES string of the molecule is O=C1N[C@]2(CCOc3ccccc32)C(=O)N1Cc1nc2ccccc2o1. The molecular weight excluding hydrogens is 334 g/mol. The van der Waals surface area contributed by atoms with Crippen LogP contribution in [-0.4, -0.2) is 28.4 Å². The topological polar surface area (TPSA) is 84.7 Å². The smallest absolute Gasteiger partial charge is 0.325 e. The molecule has 0 saturated carbocycles. The number of ether oxygens (including phenoxy) is 1. The summed E-state index contributed by atoms with van der Waals surface area (Å²) in [7, 11) is 0. The highest BCUT2D eigenvalue weighted by atomic mass is 16.5. The Kier molecular flexibility index (Phi) is 3.06. The van der Waals surface area contributed by atoms with E-state index in [-0.39, 0.29) is 12.5 Å². The number of imide groups is 1. The lowest BCUT2D eigenvalue weighted by molar-refractivity contribution is -0.133. The molecule has 1 atom stereocenters. The van der Waals surface area contributed by atoms with Crippen LogP contribution in [0.3, 0.4) is 0 Å². The summed E-state index contributed by atoms with van der Waals surface area (Å²) in [5.41, 5.74) is 0.920. The quantitative estimate of drug-likeness (QED) is 0.719. The van der Waals surface area contributed by atoms with Crippen LogP contribution in [0.4, 0.5) is 4.79 Å². The summed E-state index contributed by atoms with van der Waals surface area (Å²) in [6.07, 6.45) is 0.388. The Balaban J connectivity index is 1.51. The maximum absolute atomic E-state index is 13.2. The first-order valence-corrected chi connectivity index (χ1v) is 8.38. The van der Waals surface area contributed by atoms with Gasteiger partial charge in [-0.15, -0.1) is 0 Å². The second-order valence-corrected chi connectivity index (χ2v) is 6.40. The number of oxazole rings is 1. The maximum Gasteiger partial charge on any atom is 0.325 e. The van der Waals surface area contributed by atoms with E-state index in [0.717, 1.165) is 4.90 Å². The summed E-state index contributed by atoms with van der Waals surface area (Å²) in [6.45, 7) is 0.351. The van der Waals surface area contributed by atoms with Crippen molar-refractivity contribution in [3.05, 3.63) is 60.0 Å². The molecule has 0 aliphatic carbocycles. The van der Waals surface area contributed by atoms with Gasteiger partial charge in [0, 0.05) is 12.0 Å². The van der Waals surface area contributed by atoms with Crippen molar-refractivity contribution in [2.75, 3.05) is 6.61 Å². The molecule has 0 bridgehead atoms. The third kappa shape index (κ3) is 2.03. The van der Waals surface area contributed by atoms with Crippen LogP contribution >= 0.6 is 0 Å². The Hall–Kier alpha value is -3.35. The number of para-hydroxylation sites is 3. The second-order valence-electron chi connectivity index (χ2n) is 6.40. The monoisotopic (exact) mass is 349 g/mol. The van der Waals surface area contributed by atoms with E-state index in [0.29, 0.717) is 41.3 Å². The lowest BCUT2D eigenvalue weighted by atomic mass is 9.84. The minimum absolute atomic E-state index is 0.00980. The summed E-state index contributed by atoms with van der Waals surface area (Å²) in [5.74, 6) is 0.642. The molecule has 1 N–H and O–H groups in total. The molecule has 5 rings (SSSR count). The van der Waals surface area contributed by atoms with Gasteiger partial charge in [0.05, 0.1) is 6.61 Å². The Labute approximate surface area is 148 Å². The van der Waals surface area contributed by atoms with E-state index in [4.69, 9.17) is 9.15 Å². The highest BCUT2D eigenvalue weighted by Crippen LogP contribution is 2.41. The van der Waals surface area contributed by atoms with Crippen molar-refractivity contribution in [1.82, 2.24) is 15.2 Å². The number of carbonyl (C=O) groups is 2. The average molecular weight is 349 g/mol. The van der Waals surface area contributed by atoms with Crippen LogP contribution in [0.1, 0.15) is 17.9 Å². The van der Waals surface area contributed by atoms with Crippen LogP contribution in [0.25, 0.3) is 11.1 Å². The summed E-state index contributed by atoms with van der Waals surface area (Å²) >= 11 is 0. The number of rotatable bonds is 2. The number of aromatic nitrogens is 1. The van der Waals surface area contributed by atoms with Crippen molar-refractivity contribution in [1.29, 1.82) is 0 Å². The molecule has 3 heterocycles. The first-order chi connectivity index (χ1) is 12.7. The largest absolute Gasteiger partial charge is 0.493 e. The van der Waals surface area contributed by atoms with E-state index in [1.165, 1.54) is 0 Å². The molecule has 2 aliphatic rings. The number of amides is 3. The van der Waals surface area contributed by atoms with Crippen molar-refractivity contribution in [2.24, 2.45) is 0 Å². The fraction of sp³-hybridized carbons (Fsp3) is 0.211. The Morgan fingerprint density at radius 2 is 1.92 bits per heavy atom. The van der Waals surface area contributed by atoms with Gasteiger partial charge in [-0.3, -0.25) is 9.69 Å². The van der Waals surface area contributed by atoms with E-state index in [2.05, 4.69) is 10.3 Å². The molecule has 0 radical (unpaired) electrons. The van der Waals surface area contributed by atoms with Crippen LogP contribution in [-0.2, 0) is 16.9 Å². The van der Waals surface area contributed by atoms with Crippen molar-refractivity contribution >= 4 is 23.0 Å². The van der Waals surface area contributed by atoms with E-state index in [1.54, 1.807) is 12.1 Å². The second kappa shape index (κ2) is 5.32. The van der Waals surface area contributed by atoms with Gasteiger partial charge in [-0.1, -0.05) is 30.3 Å². The van der Waals surface area contributed by atoms with Gasteiger partial charge in [0.15, 0.2) is 11.1 Å². The number of carbonyl (C=O) groups excluding carboxylic acids is 2. The number of nitrogens with zero attached hydrogens (tertiary/aromatic N) is 2. The molecule has 2 aromatic carbocycles. The molecule has 26 heavy (non-hydrogen) atoms. The zero-order valence-corrected chi connectivity index (χ0v) is 13.8. The van der Waals surface area contributed by atoms with Crippen molar-refractivity contribution < 1.29 is 18.7 Å². The van der Waals surface area contributed by atoms with Crippen LogP contribution in [0, 0.1) is 0 Å². The fourth-order valence-electron chi connectivity index (χ4n) is 3.64. The van der Waals surface area contributed by atoms with Gasteiger partial charge in [-0.25, -0.2) is 9.78 Å². The fourth-order valence-corrected chi connectivity index (χ4v) is 3.64. The first kappa shape index (κ1) is 14.9. The number of hydrogen-bond acceptors (Lipinski definition) is 5. The molecular formula is C19H15N3O4. The molecule has 1 aromatic heterocycles. The highest BCUT2D eigenvalue weighted by Gasteiger charge is 2.55. The normalized spacial score (nSPS) is 21.8. The van der Waals surface area contributed by atoms with Crippen molar-refractivity contribution in [3.63, 3.8) is 0 Å². The summed E-state index contributed by atoms with van der Waals surface area (Å²) in [4.78, 5) is 31.3. The zero-order valence-electron chi connectivity index (χ0n) is 13.8. The maximum atomic E-state index is 13.2. The predicted octanol–water partition coefficient (Wildman–Crippen LogP) is 2.56. The van der Waals surface area contributed by atoms with E-state index >= 15 is 0 Å². The van der Waals surface area contributed by atoms with E-state index in [9.17, 15) is 9.59 Å². The number of urea groups is 1. The van der Waals surface area contributed by atoms with Gasteiger partial charge >= 0.3 is 6.03 Å². The third-order valence-electron chi connectivity index (χ3n) is 4.89. The molecule has 1 spiro atoms. The number of hydrogen-bond donors (Lipinski definition) is 1. The van der Waals surface area contributed by atoms with Gasteiger partial charge in [0.1, 0.15) is 17.8 Å². The molecule has 1 saturated heterocycles. The lowest BCUT2D eigenvalue weighted by Gasteiger charge is -2.33. The predicted molar refractivity (Wildman–Crippen MR) is 91.3 cm³/mol. The van der Waals surface area contributed by atoms with E-state index < -0.39 is 11.6 Å². The Bertz CT molecular complexity index is 1010. The number of nitrogens with one attached hydrogen (secondary N) is 1. The lowest BCUT2D eigenvalue weighted by Crippen LogP contribution is -2.47. The third-order valence-corrected chi connectivity index (χ3v) is 4.89. The summed E-state index contributed by atoms with van der Waals surface area (Å²) in [6, 6.07) is 14.2. The highest BCUT2D eigenvalue weighted by molar-refractivity contribution is 6.07. The van der Waals surface area contributed by atoms with Gasteiger partial charge in [-0.05, 0) is 18.2 Å². The van der Waals surface area contributed by atoms with Crippen LogP contribution in [0.5, 0.6) is 5.75 Å². The molecule has 2 aliphatic heterocycles. The van der Waals surface area contributed by atoms with Crippen LogP contribution < -0.4 is 10.1 Å². The van der Waals surface area contributed by atoms with Crippen LogP contribution in [0.2, 0.25) is 0 Å². The minimum Gasteiger partial charge on any atom is -0.493 e. The molecule has 0 unspecified atom stereocenters. The molecule has 7 heteroatoms. The van der Waals surface area contributed by atoms with Crippen molar-refractivity contribution in [3.8, 4) is 5.75 Å². The molecule has 3 aromatic rings. The van der Waals surface area contributed by atoms with Crippen LogP contribution in [0.15, 0.2) is 52.9 Å². The molecule has 3 amide bonds. The zero-order chi connectivity index (χ0) is 17.7. The molecule has 7 nitrogen and oxygen atoms in total. The van der Waals surface area contributed by atoms with E-state index in [1.807, 2.05) is 36.4 Å². The van der Waals surface area contributed by atoms with Crippen molar-refractivity contribution in [2.45, 2.75) is 18.5 Å². The Morgan fingerprint density at radius 1 is 1.12 bits per heavy atom. The Morgan fingerprint density at radius 3 is 2.81 bits per heavy atom. The first-order valence-electron chi connectivity index (χ1n) is 8.38. The summed E-state index contributed by atoms with van der Waals surface area (Å²) in [5, 5.41) is 2.87. The van der Waals surface area contributed by atoms with Gasteiger partial charge in [0.2, 0.25) is 5.89 Å². The summed E-state index contributed by atoms with van der Waals surface area (Å²) < 4.78 is 11.3. The minimum atomic E-state index is -1.09. The molecule has 1 fully saturated rings. The van der Waals surface area contributed by atoms with Gasteiger partial charge in [0.25, 0.3) is 5.91 Å². The molecule has 130 valence electrons.